The Morgan fingerprint density at radius 2 is 1.90 bits per heavy atom. The Morgan fingerprint density at radius 1 is 1.10 bits per heavy atom. The van der Waals surface area contributed by atoms with Gasteiger partial charge in [-0.15, -0.1) is 0 Å². The summed E-state index contributed by atoms with van der Waals surface area (Å²) in [5, 5.41) is 3.05. The monoisotopic (exact) mass is 394 g/mol. The fraction of sp³-hybridized carbons (Fsp3) is 0.261. The second-order valence-corrected chi connectivity index (χ2v) is 7.19. The molecule has 0 bridgehead atoms. The summed E-state index contributed by atoms with van der Waals surface area (Å²) in [6.45, 7) is 2.84. The number of halogens is 1. The van der Waals surface area contributed by atoms with Gasteiger partial charge in [-0.25, -0.2) is 4.39 Å². The Hall–Kier alpha value is -3.12. The summed E-state index contributed by atoms with van der Waals surface area (Å²) in [5.41, 5.74) is 1.27. The van der Waals surface area contributed by atoms with Crippen LogP contribution in [-0.4, -0.2) is 29.9 Å². The Morgan fingerprint density at radius 3 is 2.69 bits per heavy atom. The molecule has 1 aliphatic heterocycles. The number of likely N-dealkylation sites (tertiary alicyclic amines) is 1. The van der Waals surface area contributed by atoms with Crippen LogP contribution in [0.25, 0.3) is 0 Å². The fourth-order valence-corrected chi connectivity index (χ4v) is 3.46. The van der Waals surface area contributed by atoms with Crippen LogP contribution < -0.4 is 10.1 Å². The SMILES string of the molecule is O=C(NC1CCN(Cc2ccccc2)C1)c1ccc(COc2ccc(F)cc2)o1. The van der Waals surface area contributed by atoms with Crippen LogP contribution in [0.4, 0.5) is 4.39 Å². The lowest BCUT2D eigenvalue weighted by Gasteiger charge is -2.16. The standard InChI is InChI=1S/C23H23FN2O3/c24-18-6-8-20(9-7-18)28-16-21-10-11-22(29-21)23(27)25-19-12-13-26(15-19)14-17-4-2-1-3-5-17/h1-11,19H,12-16H2,(H,25,27). The summed E-state index contributed by atoms with van der Waals surface area (Å²) in [6, 6.07) is 19.6. The molecule has 2 heterocycles. The summed E-state index contributed by atoms with van der Waals surface area (Å²) in [4.78, 5) is 14.8. The number of nitrogens with zero attached hydrogens (tertiary/aromatic N) is 1. The molecule has 0 aliphatic carbocycles. The van der Waals surface area contributed by atoms with Crippen LogP contribution >= 0.6 is 0 Å². The first-order valence-corrected chi connectivity index (χ1v) is 9.70. The van der Waals surface area contributed by atoms with Gasteiger partial charge in [-0.3, -0.25) is 9.69 Å². The second-order valence-electron chi connectivity index (χ2n) is 7.19. The zero-order valence-electron chi connectivity index (χ0n) is 16.0. The van der Waals surface area contributed by atoms with Crippen LogP contribution in [0, 0.1) is 5.82 Å². The van der Waals surface area contributed by atoms with E-state index in [0.29, 0.717) is 11.5 Å². The van der Waals surface area contributed by atoms with Crippen LogP contribution in [0.5, 0.6) is 5.75 Å². The molecule has 3 aromatic rings. The number of ether oxygens (including phenoxy) is 1. The van der Waals surface area contributed by atoms with Gasteiger partial charge in [0, 0.05) is 25.7 Å². The number of carbonyl (C=O) groups is 1. The van der Waals surface area contributed by atoms with E-state index in [2.05, 4.69) is 22.3 Å². The molecule has 6 heteroatoms. The van der Waals surface area contributed by atoms with Crippen molar-refractivity contribution in [2.75, 3.05) is 13.1 Å². The number of hydrogen-bond donors (Lipinski definition) is 1. The molecule has 1 atom stereocenters. The van der Waals surface area contributed by atoms with Crippen LogP contribution in [0.15, 0.2) is 71.1 Å². The van der Waals surface area contributed by atoms with Crippen LogP contribution in [0.2, 0.25) is 0 Å². The van der Waals surface area contributed by atoms with Gasteiger partial charge in [0.15, 0.2) is 5.76 Å². The summed E-state index contributed by atoms with van der Waals surface area (Å²) >= 11 is 0. The Kier molecular flexibility index (Phi) is 5.91. The lowest BCUT2D eigenvalue weighted by Crippen LogP contribution is -2.36. The minimum atomic E-state index is -0.316. The van der Waals surface area contributed by atoms with Gasteiger partial charge < -0.3 is 14.5 Å². The van der Waals surface area contributed by atoms with Crippen molar-refractivity contribution in [1.82, 2.24) is 10.2 Å². The van der Waals surface area contributed by atoms with Crippen LogP contribution in [0.1, 0.15) is 28.3 Å². The van der Waals surface area contributed by atoms with Crippen molar-refractivity contribution in [3.63, 3.8) is 0 Å². The van der Waals surface area contributed by atoms with E-state index in [9.17, 15) is 9.18 Å². The molecule has 1 fully saturated rings. The van der Waals surface area contributed by atoms with Gasteiger partial charge >= 0.3 is 0 Å². The molecule has 1 saturated heterocycles. The maximum atomic E-state index is 12.9. The Bertz CT molecular complexity index is 940. The largest absolute Gasteiger partial charge is 0.486 e. The van der Waals surface area contributed by atoms with Crippen LogP contribution in [-0.2, 0) is 13.2 Å². The molecule has 1 N–H and O–H groups in total. The molecule has 150 valence electrons. The Balaban J connectivity index is 1.25. The molecule has 2 aromatic carbocycles. The molecule has 1 amide bonds. The van der Waals surface area contributed by atoms with Gasteiger partial charge in [-0.1, -0.05) is 30.3 Å². The predicted molar refractivity (Wildman–Crippen MR) is 107 cm³/mol. The number of nitrogens with one attached hydrogen (secondary N) is 1. The average Bonchev–Trinajstić information content (AvgIpc) is 3.38. The van der Waals surface area contributed by atoms with E-state index in [4.69, 9.17) is 9.15 Å². The minimum Gasteiger partial charge on any atom is -0.486 e. The lowest BCUT2D eigenvalue weighted by atomic mass is 10.2. The summed E-state index contributed by atoms with van der Waals surface area (Å²) in [7, 11) is 0. The molecule has 5 nitrogen and oxygen atoms in total. The van der Waals surface area contributed by atoms with E-state index in [0.717, 1.165) is 26.1 Å². The molecule has 1 aliphatic rings. The van der Waals surface area contributed by atoms with Crippen molar-refractivity contribution < 1.29 is 18.3 Å². The van der Waals surface area contributed by atoms with Crippen molar-refractivity contribution in [3.05, 3.63) is 89.6 Å². The molecule has 0 radical (unpaired) electrons. The summed E-state index contributed by atoms with van der Waals surface area (Å²) in [6.07, 6.45) is 0.916. The molecule has 0 spiro atoms. The maximum absolute atomic E-state index is 12.9. The molecule has 4 rings (SSSR count). The quantitative estimate of drug-likeness (QED) is 0.658. The zero-order valence-corrected chi connectivity index (χ0v) is 16.0. The maximum Gasteiger partial charge on any atom is 0.287 e. The van der Waals surface area contributed by atoms with Crippen LogP contribution in [0.3, 0.4) is 0 Å². The van der Waals surface area contributed by atoms with Gasteiger partial charge in [0.05, 0.1) is 0 Å². The predicted octanol–water partition coefficient (Wildman–Crippen LogP) is 4.00. The number of rotatable bonds is 7. The van der Waals surface area contributed by atoms with E-state index in [-0.39, 0.29) is 30.1 Å². The zero-order chi connectivity index (χ0) is 20.1. The third-order valence-corrected chi connectivity index (χ3v) is 4.94. The Labute approximate surface area is 169 Å². The highest BCUT2D eigenvalue weighted by atomic mass is 19.1. The minimum absolute atomic E-state index is 0.107. The first kappa shape index (κ1) is 19.2. The average molecular weight is 394 g/mol. The number of benzene rings is 2. The van der Waals surface area contributed by atoms with Crippen molar-refractivity contribution in [2.45, 2.75) is 25.6 Å². The first-order chi connectivity index (χ1) is 14.2. The lowest BCUT2D eigenvalue weighted by molar-refractivity contribution is 0.0905. The summed E-state index contributed by atoms with van der Waals surface area (Å²) in [5.74, 6) is 0.812. The van der Waals surface area contributed by atoms with Crippen molar-refractivity contribution in [3.8, 4) is 5.75 Å². The van der Waals surface area contributed by atoms with Gasteiger partial charge in [0.2, 0.25) is 0 Å². The third-order valence-electron chi connectivity index (χ3n) is 4.94. The van der Waals surface area contributed by atoms with Gasteiger partial charge in [0.25, 0.3) is 5.91 Å². The number of carbonyl (C=O) groups excluding carboxylic acids is 1. The normalized spacial score (nSPS) is 16.7. The highest BCUT2D eigenvalue weighted by molar-refractivity contribution is 5.91. The molecule has 1 aromatic heterocycles. The van der Waals surface area contributed by atoms with E-state index in [1.165, 1.54) is 17.7 Å². The molecule has 0 saturated carbocycles. The second kappa shape index (κ2) is 8.92. The molecule has 29 heavy (non-hydrogen) atoms. The third kappa shape index (κ3) is 5.23. The number of furan rings is 1. The van der Waals surface area contributed by atoms with Gasteiger partial charge in [0.1, 0.15) is 23.9 Å². The van der Waals surface area contributed by atoms with Gasteiger partial charge in [-0.05, 0) is 48.4 Å². The van der Waals surface area contributed by atoms with E-state index in [1.807, 2.05) is 18.2 Å². The molecule has 1 unspecified atom stereocenters. The smallest absolute Gasteiger partial charge is 0.287 e. The highest BCUT2D eigenvalue weighted by Gasteiger charge is 2.25. The highest BCUT2D eigenvalue weighted by Crippen LogP contribution is 2.17. The van der Waals surface area contributed by atoms with E-state index >= 15 is 0 Å². The summed E-state index contributed by atoms with van der Waals surface area (Å²) < 4.78 is 24.1. The first-order valence-electron chi connectivity index (χ1n) is 9.70. The fourth-order valence-electron chi connectivity index (χ4n) is 3.46. The van der Waals surface area contributed by atoms with E-state index < -0.39 is 0 Å². The molecular weight excluding hydrogens is 371 g/mol. The van der Waals surface area contributed by atoms with E-state index in [1.54, 1.807) is 24.3 Å². The number of amides is 1. The van der Waals surface area contributed by atoms with Crippen molar-refractivity contribution in [1.29, 1.82) is 0 Å². The van der Waals surface area contributed by atoms with Crippen molar-refractivity contribution in [2.24, 2.45) is 0 Å². The van der Waals surface area contributed by atoms with Gasteiger partial charge in [-0.2, -0.15) is 0 Å². The molecular formula is C23H23FN2O3. The number of hydrogen-bond acceptors (Lipinski definition) is 4. The van der Waals surface area contributed by atoms with Crippen molar-refractivity contribution >= 4 is 5.91 Å². The topological polar surface area (TPSA) is 54.7 Å².